The Morgan fingerprint density at radius 1 is 1.12 bits per heavy atom. The van der Waals surface area contributed by atoms with Gasteiger partial charge in [-0.05, 0) is 29.8 Å². The van der Waals surface area contributed by atoms with Crippen LogP contribution in [0.1, 0.15) is 22.8 Å². The van der Waals surface area contributed by atoms with E-state index in [1.54, 1.807) is 6.20 Å². The molecule has 7 heteroatoms. The van der Waals surface area contributed by atoms with E-state index in [4.69, 9.17) is 4.42 Å². The van der Waals surface area contributed by atoms with Gasteiger partial charge in [0.05, 0.1) is 6.20 Å². The number of nitrogens with zero attached hydrogens (tertiary/aromatic N) is 5. The van der Waals surface area contributed by atoms with Crippen LogP contribution in [-0.2, 0) is 13.0 Å². The number of aryl methyl sites for hydroxylation is 1. The first-order valence-corrected chi connectivity index (χ1v) is 8.98. The fraction of sp³-hybridized carbons (Fsp3) is 0.158. The summed E-state index contributed by atoms with van der Waals surface area (Å²) in [5.41, 5.74) is 3.33. The highest BCUT2D eigenvalue weighted by atomic mass is 79.9. The van der Waals surface area contributed by atoms with Crippen LogP contribution in [0.3, 0.4) is 0 Å². The average Bonchev–Trinajstić information content (AvgIpc) is 3.26. The van der Waals surface area contributed by atoms with Gasteiger partial charge in [-0.3, -0.25) is 0 Å². The van der Waals surface area contributed by atoms with Crippen LogP contribution in [0.15, 0.2) is 63.6 Å². The second kappa shape index (κ2) is 7.21. The number of benzene rings is 2. The molecule has 0 saturated carbocycles. The molecule has 130 valence electrons. The Morgan fingerprint density at radius 2 is 1.96 bits per heavy atom. The van der Waals surface area contributed by atoms with Gasteiger partial charge in [-0.2, -0.15) is 4.80 Å². The highest BCUT2D eigenvalue weighted by Gasteiger charge is 2.10. The van der Waals surface area contributed by atoms with Crippen LogP contribution in [0.4, 0.5) is 0 Å². The molecule has 0 spiro atoms. The first-order chi connectivity index (χ1) is 12.7. The van der Waals surface area contributed by atoms with E-state index in [0.717, 1.165) is 21.4 Å². The van der Waals surface area contributed by atoms with Gasteiger partial charge in [-0.15, -0.1) is 10.2 Å². The van der Waals surface area contributed by atoms with Crippen molar-refractivity contribution >= 4 is 15.9 Å². The maximum atomic E-state index is 5.81. The average molecular weight is 410 g/mol. The lowest BCUT2D eigenvalue weighted by atomic mass is 10.1. The molecular formula is C19H16BrN5O. The van der Waals surface area contributed by atoms with Crippen molar-refractivity contribution in [3.63, 3.8) is 0 Å². The number of rotatable bonds is 5. The predicted octanol–water partition coefficient (Wildman–Crippen LogP) is 4.04. The molecule has 0 fully saturated rings. The largest absolute Gasteiger partial charge is 0.439 e. The Kier molecular flexibility index (Phi) is 4.62. The molecule has 0 unspecified atom stereocenters. The molecule has 0 amide bonds. The molecule has 2 heterocycles. The number of hydrogen-bond donors (Lipinski definition) is 0. The summed E-state index contributed by atoms with van der Waals surface area (Å²) in [5.74, 6) is 1.94. The smallest absolute Gasteiger partial charge is 0.218 e. The van der Waals surface area contributed by atoms with Crippen LogP contribution in [-0.4, -0.2) is 25.2 Å². The fourth-order valence-corrected chi connectivity index (χ4v) is 3.05. The molecule has 6 nitrogen and oxygen atoms in total. The van der Waals surface area contributed by atoms with E-state index in [2.05, 4.69) is 43.2 Å². The summed E-state index contributed by atoms with van der Waals surface area (Å²) in [5, 5.41) is 12.6. The highest BCUT2D eigenvalue weighted by Crippen LogP contribution is 2.21. The zero-order valence-corrected chi connectivity index (χ0v) is 15.7. The summed E-state index contributed by atoms with van der Waals surface area (Å²) in [6.45, 7) is 2.40. The topological polar surface area (TPSA) is 69.6 Å². The number of oxazole rings is 1. The van der Waals surface area contributed by atoms with Crippen molar-refractivity contribution in [1.29, 1.82) is 0 Å². The standard InChI is InChI=1S/C19H16BrN5O/c1-13-5-7-15(8-6-13)17-11-21-19(26-17)12-25-23-18(22-24-25)10-14-3-2-4-16(20)9-14/h2-9,11H,10,12H2,1H3. The second-order valence-corrected chi connectivity index (χ2v) is 6.94. The number of tetrazole rings is 1. The Balaban J connectivity index is 1.45. The molecular weight excluding hydrogens is 394 g/mol. The molecule has 0 saturated heterocycles. The van der Waals surface area contributed by atoms with Gasteiger partial charge in [0.25, 0.3) is 0 Å². The Morgan fingerprint density at radius 3 is 2.77 bits per heavy atom. The number of halogens is 1. The molecule has 26 heavy (non-hydrogen) atoms. The Bertz CT molecular complexity index is 1020. The fourth-order valence-electron chi connectivity index (χ4n) is 2.60. The Labute approximate surface area is 159 Å². The number of aromatic nitrogens is 5. The van der Waals surface area contributed by atoms with Crippen molar-refractivity contribution in [3.05, 3.63) is 82.0 Å². The van der Waals surface area contributed by atoms with E-state index in [1.807, 2.05) is 48.5 Å². The van der Waals surface area contributed by atoms with Gasteiger partial charge in [0.2, 0.25) is 5.89 Å². The van der Waals surface area contributed by atoms with E-state index in [9.17, 15) is 0 Å². The lowest BCUT2D eigenvalue weighted by Gasteiger charge is -1.98. The summed E-state index contributed by atoms with van der Waals surface area (Å²) >= 11 is 3.47. The van der Waals surface area contributed by atoms with Gasteiger partial charge >= 0.3 is 0 Å². The SMILES string of the molecule is Cc1ccc(-c2cnc(Cn3nnc(Cc4cccc(Br)c4)n3)o2)cc1. The molecule has 4 rings (SSSR count). The van der Waals surface area contributed by atoms with Crippen LogP contribution < -0.4 is 0 Å². The van der Waals surface area contributed by atoms with Crippen molar-refractivity contribution in [2.45, 2.75) is 19.9 Å². The van der Waals surface area contributed by atoms with Crippen LogP contribution in [0.2, 0.25) is 0 Å². The first-order valence-electron chi connectivity index (χ1n) is 8.18. The maximum absolute atomic E-state index is 5.81. The zero-order chi connectivity index (χ0) is 17.9. The van der Waals surface area contributed by atoms with E-state index in [-0.39, 0.29) is 0 Å². The molecule has 2 aromatic heterocycles. The summed E-state index contributed by atoms with van der Waals surface area (Å²) in [6, 6.07) is 16.2. The molecule has 0 aliphatic rings. The van der Waals surface area contributed by atoms with Crippen LogP contribution >= 0.6 is 15.9 Å². The molecule has 2 aromatic carbocycles. The first kappa shape index (κ1) is 16.7. The van der Waals surface area contributed by atoms with Crippen molar-refractivity contribution in [3.8, 4) is 11.3 Å². The third-order valence-electron chi connectivity index (χ3n) is 3.91. The monoisotopic (exact) mass is 409 g/mol. The third kappa shape index (κ3) is 3.88. The van der Waals surface area contributed by atoms with Crippen LogP contribution in [0.5, 0.6) is 0 Å². The minimum Gasteiger partial charge on any atom is -0.439 e. The molecule has 0 aliphatic heterocycles. The van der Waals surface area contributed by atoms with E-state index >= 15 is 0 Å². The van der Waals surface area contributed by atoms with Gasteiger partial charge in [0.15, 0.2) is 11.6 Å². The normalized spacial score (nSPS) is 11.0. The predicted molar refractivity (Wildman–Crippen MR) is 101 cm³/mol. The lowest BCUT2D eigenvalue weighted by Crippen LogP contribution is -2.04. The number of hydrogen-bond acceptors (Lipinski definition) is 5. The van der Waals surface area contributed by atoms with E-state index < -0.39 is 0 Å². The Hall–Kier alpha value is -2.80. The van der Waals surface area contributed by atoms with E-state index in [0.29, 0.717) is 24.7 Å². The van der Waals surface area contributed by atoms with Crippen molar-refractivity contribution in [2.75, 3.05) is 0 Å². The summed E-state index contributed by atoms with van der Waals surface area (Å²) in [7, 11) is 0. The van der Waals surface area contributed by atoms with Gasteiger partial charge in [0, 0.05) is 16.5 Å². The van der Waals surface area contributed by atoms with Gasteiger partial charge in [-0.1, -0.05) is 57.9 Å². The van der Waals surface area contributed by atoms with Gasteiger partial charge in [-0.25, -0.2) is 4.98 Å². The van der Waals surface area contributed by atoms with Crippen molar-refractivity contribution in [2.24, 2.45) is 0 Å². The quantitative estimate of drug-likeness (QED) is 0.497. The summed E-state index contributed by atoms with van der Waals surface area (Å²) < 4.78 is 6.84. The van der Waals surface area contributed by atoms with Crippen molar-refractivity contribution in [1.82, 2.24) is 25.2 Å². The molecule has 0 atom stereocenters. The minimum atomic E-state index is 0.345. The maximum Gasteiger partial charge on any atom is 0.218 e. The highest BCUT2D eigenvalue weighted by molar-refractivity contribution is 9.10. The zero-order valence-electron chi connectivity index (χ0n) is 14.1. The third-order valence-corrected chi connectivity index (χ3v) is 4.41. The second-order valence-electron chi connectivity index (χ2n) is 6.03. The van der Waals surface area contributed by atoms with Gasteiger partial charge in [0.1, 0.15) is 6.54 Å². The molecule has 4 aromatic rings. The summed E-state index contributed by atoms with van der Waals surface area (Å²) in [4.78, 5) is 5.81. The van der Waals surface area contributed by atoms with E-state index in [1.165, 1.54) is 10.4 Å². The van der Waals surface area contributed by atoms with Crippen LogP contribution in [0.25, 0.3) is 11.3 Å². The minimum absolute atomic E-state index is 0.345. The lowest BCUT2D eigenvalue weighted by molar-refractivity contribution is 0.446. The van der Waals surface area contributed by atoms with Crippen molar-refractivity contribution < 1.29 is 4.42 Å². The van der Waals surface area contributed by atoms with Crippen LogP contribution in [0, 0.1) is 6.92 Å². The molecule has 0 radical (unpaired) electrons. The summed E-state index contributed by atoms with van der Waals surface area (Å²) in [6.07, 6.45) is 2.35. The molecule has 0 bridgehead atoms. The van der Waals surface area contributed by atoms with Gasteiger partial charge < -0.3 is 4.42 Å². The molecule has 0 aliphatic carbocycles. The molecule has 0 N–H and O–H groups in total.